The fourth-order valence-corrected chi connectivity index (χ4v) is 3.38. The second-order valence-electron chi connectivity index (χ2n) is 5.03. The van der Waals surface area contributed by atoms with Gasteiger partial charge in [-0.3, -0.25) is 9.89 Å². The summed E-state index contributed by atoms with van der Waals surface area (Å²) in [7, 11) is -1.83. The molecule has 0 saturated carbocycles. The summed E-state index contributed by atoms with van der Waals surface area (Å²) in [5, 5.41) is 6.61. The Morgan fingerprint density at radius 3 is 3.00 bits per heavy atom. The topological polar surface area (TPSA) is 92.4 Å². The van der Waals surface area contributed by atoms with E-state index in [9.17, 15) is 13.2 Å². The van der Waals surface area contributed by atoms with Gasteiger partial charge in [0.2, 0.25) is 5.91 Å². The molecular formula is C12H19N3O4S. The molecule has 1 aromatic heterocycles. The van der Waals surface area contributed by atoms with Gasteiger partial charge in [-0.2, -0.15) is 5.10 Å². The van der Waals surface area contributed by atoms with Crippen LogP contribution in [0, 0.1) is 0 Å². The van der Waals surface area contributed by atoms with Crippen molar-refractivity contribution in [3.05, 3.63) is 11.9 Å². The zero-order chi connectivity index (χ0) is 14.8. The first kappa shape index (κ1) is 15.0. The highest BCUT2D eigenvalue weighted by Gasteiger charge is 2.29. The van der Waals surface area contributed by atoms with Crippen molar-refractivity contribution in [2.24, 2.45) is 0 Å². The molecule has 1 aliphatic heterocycles. The Labute approximate surface area is 118 Å². The summed E-state index contributed by atoms with van der Waals surface area (Å²) >= 11 is 0. The number of methoxy groups -OCH3 is 1. The molecule has 0 spiro atoms. The number of amides is 1. The van der Waals surface area contributed by atoms with Crippen LogP contribution < -0.4 is 0 Å². The van der Waals surface area contributed by atoms with E-state index in [2.05, 4.69) is 10.2 Å². The lowest BCUT2D eigenvalue weighted by Crippen LogP contribution is -2.41. The van der Waals surface area contributed by atoms with E-state index < -0.39 is 9.84 Å². The van der Waals surface area contributed by atoms with Gasteiger partial charge < -0.3 is 9.64 Å². The van der Waals surface area contributed by atoms with Crippen LogP contribution in [0.5, 0.6) is 0 Å². The van der Waals surface area contributed by atoms with E-state index in [1.165, 1.54) is 13.3 Å². The third-order valence-corrected chi connectivity index (χ3v) is 4.61. The number of sulfone groups is 1. The molecule has 20 heavy (non-hydrogen) atoms. The van der Waals surface area contributed by atoms with Gasteiger partial charge in [-0.15, -0.1) is 0 Å². The number of likely N-dealkylation sites (tertiary alicyclic amines) is 1. The number of nitrogens with zero attached hydrogens (tertiary/aromatic N) is 2. The number of nitrogens with one attached hydrogen (secondary N) is 1. The summed E-state index contributed by atoms with van der Waals surface area (Å²) in [5.74, 6) is -0.102. The predicted octanol–water partition coefficient (Wildman–Crippen LogP) is 0.166. The molecule has 1 N–H and O–H groups in total. The molecular weight excluding hydrogens is 282 g/mol. The summed E-state index contributed by atoms with van der Waals surface area (Å²) in [6.07, 6.45) is 4.17. The zero-order valence-corrected chi connectivity index (χ0v) is 12.4. The highest BCUT2D eigenvalue weighted by Crippen LogP contribution is 2.29. The molecule has 1 atom stereocenters. The molecule has 0 unspecified atom stereocenters. The molecule has 112 valence electrons. The highest BCUT2D eigenvalue weighted by molar-refractivity contribution is 7.90. The normalized spacial score (nSPS) is 20.1. The summed E-state index contributed by atoms with van der Waals surface area (Å²) in [6.45, 7) is 1.22. The molecule has 1 amide bonds. The number of H-pyrrole nitrogens is 1. The van der Waals surface area contributed by atoms with Gasteiger partial charge >= 0.3 is 0 Å². The molecule has 1 aromatic rings. The SMILES string of the molecule is COCC(=O)N1CCC[C@@H](c2[nH]ncc2S(C)(=O)=O)C1. The maximum atomic E-state index is 11.9. The van der Waals surface area contributed by atoms with Gasteiger partial charge in [-0.1, -0.05) is 0 Å². The second-order valence-corrected chi connectivity index (χ2v) is 7.02. The zero-order valence-electron chi connectivity index (χ0n) is 11.6. The molecule has 1 aliphatic rings. The van der Waals surface area contributed by atoms with Gasteiger partial charge in [0, 0.05) is 32.4 Å². The first-order valence-corrected chi connectivity index (χ1v) is 8.32. The van der Waals surface area contributed by atoms with Gasteiger partial charge in [0.05, 0.1) is 11.9 Å². The van der Waals surface area contributed by atoms with Crippen LogP contribution in [0.15, 0.2) is 11.1 Å². The molecule has 0 aliphatic carbocycles. The summed E-state index contributed by atoms with van der Waals surface area (Å²) in [6, 6.07) is 0. The molecule has 1 fully saturated rings. The third-order valence-electron chi connectivity index (χ3n) is 3.48. The number of carbonyl (C=O) groups is 1. The first-order chi connectivity index (χ1) is 9.43. The smallest absolute Gasteiger partial charge is 0.248 e. The molecule has 7 nitrogen and oxygen atoms in total. The quantitative estimate of drug-likeness (QED) is 0.855. The predicted molar refractivity (Wildman–Crippen MR) is 72.1 cm³/mol. The minimum Gasteiger partial charge on any atom is -0.375 e. The van der Waals surface area contributed by atoms with Crippen LogP contribution in [0.25, 0.3) is 0 Å². The van der Waals surface area contributed by atoms with Crippen LogP contribution in [-0.4, -0.2) is 62.5 Å². The third kappa shape index (κ3) is 3.18. The van der Waals surface area contributed by atoms with E-state index in [1.54, 1.807) is 4.90 Å². The molecule has 1 saturated heterocycles. The van der Waals surface area contributed by atoms with Gasteiger partial charge in [-0.25, -0.2) is 8.42 Å². The molecule has 8 heteroatoms. The van der Waals surface area contributed by atoms with Crippen molar-refractivity contribution >= 4 is 15.7 Å². The average Bonchev–Trinajstić information content (AvgIpc) is 2.88. The maximum Gasteiger partial charge on any atom is 0.248 e. The van der Waals surface area contributed by atoms with Gasteiger partial charge in [-0.05, 0) is 12.8 Å². The fraction of sp³-hybridized carbons (Fsp3) is 0.667. The Balaban J connectivity index is 2.18. The summed E-state index contributed by atoms with van der Waals surface area (Å²) in [4.78, 5) is 13.8. The van der Waals surface area contributed by atoms with Crippen molar-refractivity contribution in [3.8, 4) is 0 Å². The molecule has 2 rings (SSSR count). The van der Waals surface area contributed by atoms with Crippen molar-refractivity contribution in [3.63, 3.8) is 0 Å². The van der Waals surface area contributed by atoms with Crippen molar-refractivity contribution in [1.82, 2.24) is 15.1 Å². The van der Waals surface area contributed by atoms with Crippen LogP contribution in [0.3, 0.4) is 0 Å². The van der Waals surface area contributed by atoms with Gasteiger partial charge in [0.15, 0.2) is 9.84 Å². The lowest BCUT2D eigenvalue weighted by molar-refractivity contribution is -0.136. The highest BCUT2D eigenvalue weighted by atomic mass is 32.2. The fourth-order valence-electron chi connectivity index (χ4n) is 2.53. The van der Waals surface area contributed by atoms with E-state index in [-0.39, 0.29) is 23.3 Å². The van der Waals surface area contributed by atoms with E-state index >= 15 is 0 Å². The number of carbonyl (C=O) groups excluding carboxylic acids is 1. The van der Waals surface area contributed by atoms with Crippen molar-refractivity contribution < 1.29 is 17.9 Å². The summed E-state index contributed by atoms with van der Waals surface area (Å²) < 4.78 is 28.3. The van der Waals surface area contributed by atoms with E-state index in [0.29, 0.717) is 18.8 Å². The van der Waals surface area contributed by atoms with Crippen molar-refractivity contribution in [2.45, 2.75) is 23.7 Å². The number of hydrogen-bond acceptors (Lipinski definition) is 5. The Kier molecular flexibility index (Phi) is 4.44. The standard InChI is InChI=1S/C12H19N3O4S/c1-19-8-11(16)15-5-3-4-9(7-15)12-10(6-13-14-12)20(2,17)18/h6,9H,3-5,7-8H2,1-2H3,(H,13,14)/t9-/m1/s1. The number of rotatable bonds is 4. The Bertz CT molecular complexity index is 581. The van der Waals surface area contributed by atoms with E-state index in [4.69, 9.17) is 4.74 Å². The van der Waals surface area contributed by atoms with E-state index in [1.807, 2.05) is 0 Å². The number of aromatic nitrogens is 2. The lowest BCUT2D eigenvalue weighted by atomic mass is 9.95. The van der Waals surface area contributed by atoms with Gasteiger partial charge in [0.1, 0.15) is 11.5 Å². The largest absolute Gasteiger partial charge is 0.375 e. The average molecular weight is 301 g/mol. The monoisotopic (exact) mass is 301 g/mol. The van der Waals surface area contributed by atoms with Crippen LogP contribution >= 0.6 is 0 Å². The Morgan fingerprint density at radius 2 is 2.35 bits per heavy atom. The van der Waals surface area contributed by atoms with E-state index in [0.717, 1.165) is 19.1 Å². The van der Waals surface area contributed by atoms with Crippen molar-refractivity contribution in [2.75, 3.05) is 33.1 Å². The minimum absolute atomic E-state index is 0.0308. The number of hydrogen-bond donors (Lipinski definition) is 1. The van der Waals surface area contributed by atoms with Crippen LogP contribution in [-0.2, 0) is 19.4 Å². The molecule has 0 aromatic carbocycles. The van der Waals surface area contributed by atoms with Crippen molar-refractivity contribution in [1.29, 1.82) is 0 Å². The Morgan fingerprint density at radius 1 is 1.60 bits per heavy atom. The molecule has 2 heterocycles. The van der Waals surface area contributed by atoms with Crippen LogP contribution in [0.2, 0.25) is 0 Å². The van der Waals surface area contributed by atoms with Gasteiger partial charge in [0.25, 0.3) is 0 Å². The second kappa shape index (κ2) is 5.92. The lowest BCUT2D eigenvalue weighted by Gasteiger charge is -2.32. The number of ether oxygens (including phenoxy) is 1. The number of aromatic amines is 1. The minimum atomic E-state index is -3.31. The molecule has 0 bridgehead atoms. The van der Waals surface area contributed by atoms with Crippen LogP contribution in [0.4, 0.5) is 0 Å². The first-order valence-electron chi connectivity index (χ1n) is 6.43. The maximum absolute atomic E-state index is 11.9. The Hall–Kier alpha value is -1.41. The summed E-state index contributed by atoms with van der Waals surface area (Å²) in [5.41, 5.74) is 0.599. The van der Waals surface area contributed by atoms with Crippen LogP contribution in [0.1, 0.15) is 24.5 Å². The number of piperidine rings is 1. The molecule has 0 radical (unpaired) electrons.